The Labute approximate surface area is 162 Å². The van der Waals surface area contributed by atoms with Crippen molar-refractivity contribution in [3.63, 3.8) is 0 Å². The Bertz CT molecular complexity index is 453. The number of hydrogen-bond acceptors (Lipinski definition) is 3. The third-order valence-corrected chi connectivity index (χ3v) is 4.98. The zero-order valence-electron chi connectivity index (χ0n) is 14.6. The van der Waals surface area contributed by atoms with Gasteiger partial charge in [-0.2, -0.15) is 11.3 Å². The number of nitrogens with zero attached hydrogens (tertiary/aromatic N) is 2. The summed E-state index contributed by atoms with van der Waals surface area (Å²) < 4.78 is 0. The highest BCUT2D eigenvalue weighted by Gasteiger charge is 2.27. The molecule has 6 heteroatoms. The Balaban J connectivity index is 0.00000264. The Hall–Kier alpha value is -0.340. The van der Waals surface area contributed by atoms with E-state index < -0.39 is 0 Å². The lowest BCUT2D eigenvalue weighted by Gasteiger charge is -2.41. The molecule has 23 heavy (non-hydrogen) atoms. The largest absolute Gasteiger partial charge is 0.357 e. The summed E-state index contributed by atoms with van der Waals surface area (Å²) in [5.41, 5.74) is 1.44. The van der Waals surface area contributed by atoms with Crippen LogP contribution in [-0.4, -0.2) is 42.6 Å². The molecule has 0 amide bonds. The van der Waals surface area contributed by atoms with Crippen LogP contribution in [0.15, 0.2) is 21.8 Å². The second kappa shape index (κ2) is 10.5. The molecular weight excluding hydrogens is 419 g/mol. The van der Waals surface area contributed by atoms with Crippen LogP contribution in [0.4, 0.5) is 0 Å². The van der Waals surface area contributed by atoms with Gasteiger partial charge in [0, 0.05) is 18.6 Å². The zero-order chi connectivity index (χ0) is 15.8. The third kappa shape index (κ3) is 6.97. The Morgan fingerprint density at radius 2 is 2.00 bits per heavy atom. The quantitative estimate of drug-likeness (QED) is 0.395. The molecule has 1 aliphatic heterocycles. The highest BCUT2D eigenvalue weighted by Crippen LogP contribution is 2.19. The van der Waals surface area contributed by atoms with Gasteiger partial charge in [-0.3, -0.25) is 4.90 Å². The molecule has 2 rings (SSSR count). The van der Waals surface area contributed by atoms with Crippen molar-refractivity contribution in [3.05, 3.63) is 22.4 Å². The SMILES string of the molecule is CCNC(=NCc1ccsc1)NCC(C)(C)N1CCCCC1.I. The zero-order valence-corrected chi connectivity index (χ0v) is 17.7. The van der Waals surface area contributed by atoms with E-state index in [0.29, 0.717) is 0 Å². The van der Waals surface area contributed by atoms with E-state index in [1.165, 1.54) is 37.9 Å². The number of halogens is 1. The van der Waals surface area contributed by atoms with Crippen LogP contribution in [0.1, 0.15) is 45.6 Å². The number of thiophene rings is 1. The van der Waals surface area contributed by atoms with E-state index in [4.69, 9.17) is 0 Å². The number of piperidine rings is 1. The highest BCUT2D eigenvalue weighted by molar-refractivity contribution is 14.0. The average molecular weight is 450 g/mol. The predicted molar refractivity (Wildman–Crippen MR) is 112 cm³/mol. The first-order valence-corrected chi connectivity index (χ1v) is 9.34. The second-order valence-corrected chi connectivity index (χ2v) is 7.32. The monoisotopic (exact) mass is 450 g/mol. The maximum Gasteiger partial charge on any atom is 0.191 e. The lowest BCUT2D eigenvalue weighted by atomic mass is 9.98. The van der Waals surface area contributed by atoms with Crippen molar-refractivity contribution in [3.8, 4) is 0 Å². The lowest BCUT2D eigenvalue weighted by Crippen LogP contribution is -2.54. The Kier molecular flexibility index (Phi) is 9.46. The minimum atomic E-state index is 0. The van der Waals surface area contributed by atoms with Gasteiger partial charge in [-0.15, -0.1) is 24.0 Å². The van der Waals surface area contributed by atoms with Gasteiger partial charge in [0.25, 0.3) is 0 Å². The van der Waals surface area contributed by atoms with Crippen LogP contribution < -0.4 is 10.6 Å². The molecule has 0 saturated carbocycles. The van der Waals surface area contributed by atoms with Gasteiger partial charge in [-0.05, 0) is 69.1 Å². The minimum Gasteiger partial charge on any atom is -0.357 e. The molecule has 1 aromatic heterocycles. The standard InChI is InChI=1S/C17H30N4S.HI/c1-4-18-16(19-12-15-8-11-22-13-15)20-14-17(2,3)21-9-6-5-7-10-21;/h8,11,13H,4-7,9-10,12,14H2,1-3H3,(H2,18,19,20);1H. The van der Waals surface area contributed by atoms with Crippen molar-refractivity contribution in [2.24, 2.45) is 4.99 Å². The van der Waals surface area contributed by atoms with Crippen LogP contribution in [-0.2, 0) is 6.54 Å². The molecule has 0 aromatic carbocycles. The van der Waals surface area contributed by atoms with Crippen LogP contribution in [0.25, 0.3) is 0 Å². The van der Waals surface area contributed by atoms with Crippen molar-refractivity contribution in [1.82, 2.24) is 15.5 Å². The maximum atomic E-state index is 4.69. The van der Waals surface area contributed by atoms with Crippen LogP contribution >= 0.6 is 35.3 Å². The summed E-state index contributed by atoms with van der Waals surface area (Å²) in [6, 6.07) is 2.13. The number of aliphatic imine (C=N–C) groups is 1. The summed E-state index contributed by atoms with van der Waals surface area (Å²) in [6.07, 6.45) is 4.04. The molecule has 0 atom stereocenters. The van der Waals surface area contributed by atoms with Gasteiger partial charge in [0.05, 0.1) is 6.54 Å². The first-order chi connectivity index (χ1) is 10.6. The van der Waals surface area contributed by atoms with Gasteiger partial charge in [-0.1, -0.05) is 6.42 Å². The van der Waals surface area contributed by atoms with Gasteiger partial charge >= 0.3 is 0 Å². The average Bonchev–Trinajstić information content (AvgIpc) is 3.04. The van der Waals surface area contributed by atoms with Crippen LogP contribution in [0.2, 0.25) is 0 Å². The molecule has 4 nitrogen and oxygen atoms in total. The topological polar surface area (TPSA) is 39.7 Å². The number of likely N-dealkylation sites (tertiary alicyclic amines) is 1. The van der Waals surface area contributed by atoms with Gasteiger partial charge in [0.2, 0.25) is 0 Å². The van der Waals surface area contributed by atoms with E-state index in [1.54, 1.807) is 11.3 Å². The Morgan fingerprint density at radius 3 is 2.61 bits per heavy atom. The first-order valence-electron chi connectivity index (χ1n) is 8.40. The molecule has 0 bridgehead atoms. The maximum absolute atomic E-state index is 4.69. The van der Waals surface area contributed by atoms with Crippen molar-refractivity contribution in [2.75, 3.05) is 26.2 Å². The lowest BCUT2D eigenvalue weighted by molar-refractivity contribution is 0.0982. The summed E-state index contributed by atoms with van der Waals surface area (Å²) in [6.45, 7) is 11.7. The summed E-state index contributed by atoms with van der Waals surface area (Å²) in [7, 11) is 0. The second-order valence-electron chi connectivity index (χ2n) is 6.54. The van der Waals surface area contributed by atoms with Gasteiger partial charge in [0.1, 0.15) is 0 Å². The molecule has 0 aliphatic carbocycles. The van der Waals surface area contributed by atoms with E-state index in [-0.39, 0.29) is 29.5 Å². The van der Waals surface area contributed by atoms with Crippen LogP contribution in [0.5, 0.6) is 0 Å². The number of rotatable bonds is 6. The molecule has 0 spiro atoms. The van der Waals surface area contributed by atoms with E-state index >= 15 is 0 Å². The molecule has 2 heterocycles. The Morgan fingerprint density at radius 1 is 1.26 bits per heavy atom. The normalized spacial score (nSPS) is 16.7. The van der Waals surface area contributed by atoms with E-state index in [2.05, 4.69) is 58.1 Å². The first kappa shape index (κ1) is 20.7. The van der Waals surface area contributed by atoms with Gasteiger partial charge in [-0.25, -0.2) is 4.99 Å². The molecule has 132 valence electrons. The van der Waals surface area contributed by atoms with Crippen molar-refractivity contribution in [1.29, 1.82) is 0 Å². The molecule has 1 aromatic rings. The smallest absolute Gasteiger partial charge is 0.191 e. The highest BCUT2D eigenvalue weighted by atomic mass is 127. The van der Waals surface area contributed by atoms with Crippen molar-refractivity contribution >= 4 is 41.3 Å². The van der Waals surface area contributed by atoms with Crippen LogP contribution in [0.3, 0.4) is 0 Å². The fourth-order valence-corrected chi connectivity index (χ4v) is 3.47. The fourth-order valence-electron chi connectivity index (χ4n) is 2.81. The van der Waals surface area contributed by atoms with Crippen molar-refractivity contribution < 1.29 is 0 Å². The van der Waals surface area contributed by atoms with Crippen LogP contribution in [0, 0.1) is 0 Å². The van der Waals surface area contributed by atoms with E-state index in [0.717, 1.165) is 25.6 Å². The molecule has 1 fully saturated rings. The van der Waals surface area contributed by atoms with Gasteiger partial charge < -0.3 is 10.6 Å². The number of hydrogen-bond donors (Lipinski definition) is 2. The molecule has 1 saturated heterocycles. The number of guanidine groups is 1. The minimum absolute atomic E-state index is 0. The number of nitrogens with one attached hydrogen (secondary N) is 2. The third-order valence-electron chi connectivity index (χ3n) is 4.24. The summed E-state index contributed by atoms with van der Waals surface area (Å²) in [5, 5.41) is 11.1. The fraction of sp³-hybridized carbons (Fsp3) is 0.706. The van der Waals surface area contributed by atoms with E-state index in [1.807, 2.05) is 0 Å². The molecular formula is C17H31IN4S. The summed E-state index contributed by atoms with van der Waals surface area (Å²) in [5.74, 6) is 0.916. The van der Waals surface area contributed by atoms with E-state index in [9.17, 15) is 0 Å². The summed E-state index contributed by atoms with van der Waals surface area (Å²) in [4.78, 5) is 7.29. The molecule has 0 unspecified atom stereocenters. The molecule has 2 N–H and O–H groups in total. The summed E-state index contributed by atoms with van der Waals surface area (Å²) >= 11 is 1.72. The predicted octanol–water partition coefficient (Wildman–Crippen LogP) is 3.69. The van der Waals surface area contributed by atoms with Gasteiger partial charge in [0.15, 0.2) is 5.96 Å². The molecule has 0 radical (unpaired) electrons. The molecule has 1 aliphatic rings. The van der Waals surface area contributed by atoms with Crippen molar-refractivity contribution in [2.45, 2.75) is 52.1 Å².